The Balaban J connectivity index is 1.75. The van der Waals surface area contributed by atoms with E-state index in [1.165, 1.54) is 18.4 Å². The minimum Gasteiger partial charge on any atom is -0.481 e. The summed E-state index contributed by atoms with van der Waals surface area (Å²) >= 11 is 0. The topological polar surface area (TPSA) is 27.7 Å². The summed E-state index contributed by atoms with van der Waals surface area (Å²) in [5.74, 6) is 0.516. The van der Waals surface area contributed by atoms with Crippen LogP contribution in [0, 0.1) is 0 Å². The van der Waals surface area contributed by atoms with Gasteiger partial charge in [0.15, 0.2) is 5.60 Å². The third kappa shape index (κ3) is 1.32. The SMILES string of the molecule is c1ccc2c(c1)CC1(CCCCC13OCCO3)O2. The van der Waals surface area contributed by atoms with Gasteiger partial charge in [0.25, 0.3) is 0 Å². The van der Waals surface area contributed by atoms with Crippen molar-refractivity contribution in [3.05, 3.63) is 29.8 Å². The minimum atomic E-state index is -0.496. The molecular weight excluding hydrogens is 228 g/mol. The van der Waals surface area contributed by atoms with Crippen molar-refractivity contribution in [1.29, 1.82) is 0 Å². The molecule has 0 amide bonds. The van der Waals surface area contributed by atoms with E-state index in [4.69, 9.17) is 14.2 Å². The molecule has 1 atom stereocenters. The Kier molecular flexibility index (Phi) is 2.24. The lowest BCUT2D eigenvalue weighted by Gasteiger charge is -2.46. The van der Waals surface area contributed by atoms with Gasteiger partial charge in [0.2, 0.25) is 5.79 Å². The molecule has 2 heterocycles. The normalized spacial score (nSPS) is 32.7. The average molecular weight is 246 g/mol. The minimum absolute atomic E-state index is 0.286. The smallest absolute Gasteiger partial charge is 0.209 e. The molecular formula is C15H18O3. The van der Waals surface area contributed by atoms with Crippen molar-refractivity contribution in [3.63, 3.8) is 0 Å². The quantitative estimate of drug-likeness (QED) is 0.704. The number of benzene rings is 1. The van der Waals surface area contributed by atoms with E-state index in [9.17, 15) is 0 Å². The van der Waals surface area contributed by atoms with Crippen LogP contribution in [0.5, 0.6) is 5.75 Å². The van der Waals surface area contributed by atoms with Crippen molar-refractivity contribution in [2.24, 2.45) is 0 Å². The van der Waals surface area contributed by atoms with Crippen LogP contribution >= 0.6 is 0 Å². The largest absolute Gasteiger partial charge is 0.481 e. The van der Waals surface area contributed by atoms with E-state index in [-0.39, 0.29) is 5.60 Å². The predicted octanol–water partition coefficient (Wildman–Crippen LogP) is 2.68. The molecule has 2 fully saturated rings. The van der Waals surface area contributed by atoms with Gasteiger partial charge >= 0.3 is 0 Å². The molecule has 1 saturated carbocycles. The maximum atomic E-state index is 6.32. The van der Waals surface area contributed by atoms with E-state index in [2.05, 4.69) is 18.2 Å². The second kappa shape index (κ2) is 3.72. The summed E-state index contributed by atoms with van der Waals surface area (Å²) in [6.07, 6.45) is 5.27. The number of hydrogen-bond donors (Lipinski definition) is 0. The first-order chi connectivity index (χ1) is 8.84. The molecule has 3 heteroatoms. The number of hydrogen-bond acceptors (Lipinski definition) is 3. The van der Waals surface area contributed by atoms with Crippen molar-refractivity contribution in [1.82, 2.24) is 0 Å². The Morgan fingerprint density at radius 1 is 0.944 bits per heavy atom. The second-order valence-electron chi connectivity index (χ2n) is 5.54. The lowest BCUT2D eigenvalue weighted by atomic mass is 9.76. The highest BCUT2D eigenvalue weighted by molar-refractivity contribution is 5.40. The van der Waals surface area contributed by atoms with Crippen molar-refractivity contribution in [2.45, 2.75) is 43.5 Å². The summed E-state index contributed by atoms with van der Waals surface area (Å²) in [7, 11) is 0. The summed E-state index contributed by atoms with van der Waals surface area (Å²) in [5, 5.41) is 0. The average Bonchev–Trinajstić information content (AvgIpc) is 2.99. The molecule has 3 aliphatic rings. The van der Waals surface area contributed by atoms with Gasteiger partial charge in [0.05, 0.1) is 13.2 Å². The monoisotopic (exact) mass is 246 g/mol. The van der Waals surface area contributed by atoms with Gasteiger partial charge in [-0.05, 0) is 30.9 Å². The molecule has 1 saturated heterocycles. The molecule has 0 N–H and O–H groups in total. The van der Waals surface area contributed by atoms with E-state index in [0.717, 1.165) is 25.0 Å². The van der Waals surface area contributed by atoms with Crippen LogP contribution in [0.3, 0.4) is 0 Å². The number of rotatable bonds is 0. The van der Waals surface area contributed by atoms with Crippen molar-refractivity contribution >= 4 is 0 Å². The first-order valence-corrected chi connectivity index (χ1v) is 6.89. The fourth-order valence-electron chi connectivity index (χ4n) is 3.70. The molecule has 0 aromatic heterocycles. The Hall–Kier alpha value is -1.06. The number of para-hydroxylation sites is 1. The molecule has 1 aromatic rings. The Morgan fingerprint density at radius 2 is 1.72 bits per heavy atom. The van der Waals surface area contributed by atoms with Crippen molar-refractivity contribution < 1.29 is 14.2 Å². The zero-order valence-corrected chi connectivity index (χ0v) is 10.5. The number of ether oxygens (including phenoxy) is 3. The molecule has 18 heavy (non-hydrogen) atoms. The van der Waals surface area contributed by atoms with Crippen LogP contribution in [0.4, 0.5) is 0 Å². The Morgan fingerprint density at radius 3 is 2.56 bits per heavy atom. The standard InChI is InChI=1S/C15H18O3/c1-2-6-13-12(5-1)11-14(18-13)7-3-4-8-15(14)16-9-10-17-15/h1-2,5-6H,3-4,7-11H2. The van der Waals surface area contributed by atoms with Crippen molar-refractivity contribution in [3.8, 4) is 5.75 Å². The van der Waals surface area contributed by atoms with E-state index in [1.807, 2.05) is 6.07 Å². The highest BCUT2D eigenvalue weighted by atomic mass is 16.8. The highest BCUT2D eigenvalue weighted by Crippen LogP contribution is 2.51. The van der Waals surface area contributed by atoms with Gasteiger partial charge in [0.1, 0.15) is 5.75 Å². The van der Waals surface area contributed by atoms with Crippen molar-refractivity contribution in [2.75, 3.05) is 13.2 Å². The summed E-state index contributed by atoms with van der Waals surface area (Å²) in [4.78, 5) is 0. The maximum absolute atomic E-state index is 6.32. The lowest BCUT2D eigenvalue weighted by molar-refractivity contribution is -0.270. The van der Waals surface area contributed by atoms with Gasteiger partial charge in [-0.15, -0.1) is 0 Å². The Labute approximate surface area is 107 Å². The highest BCUT2D eigenvalue weighted by Gasteiger charge is 2.61. The van der Waals surface area contributed by atoms with E-state index in [1.54, 1.807) is 0 Å². The van der Waals surface area contributed by atoms with Crippen LogP contribution in [0.25, 0.3) is 0 Å². The van der Waals surface area contributed by atoms with Crippen LogP contribution < -0.4 is 4.74 Å². The zero-order chi connectivity index (χ0) is 12.1. The van der Waals surface area contributed by atoms with Gasteiger partial charge in [-0.3, -0.25) is 0 Å². The van der Waals surface area contributed by atoms with Gasteiger partial charge in [-0.1, -0.05) is 18.2 Å². The third-order valence-electron chi connectivity index (χ3n) is 4.54. The molecule has 3 nitrogen and oxygen atoms in total. The summed E-state index contributed by atoms with van der Waals surface area (Å²) in [6, 6.07) is 8.32. The van der Waals surface area contributed by atoms with Crippen LogP contribution in [0.15, 0.2) is 24.3 Å². The van der Waals surface area contributed by atoms with E-state index >= 15 is 0 Å². The maximum Gasteiger partial charge on any atom is 0.209 e. The predicted molar refractivity (Wildman–Crippen MR) is 66.6 cm³/mol. The fourth-order valence-corrected chi connectivity index (χ4v) is 3.70. The first-order valence-electron chi connectivity index (χ1n) is 6.89. The third-order valence-corrected chi connectivity index (χ3v) is 4.54. The molecule has 4 rings (SSSR count). The van der Waals surface area contributed by atoms with Gasteiger partial charge < -0.3 is 14.2 Å². The van der Waals surface area contributed by atoms with E-state index in [0.29, 0.717) is 13.2 Å². The van der Waals surface area contributed by atoms with E-state index < -0.39 is 5.79 Å². The van der Waals surface area contributed by atoms with Crippen LogP contribution in [-0.2, 0) is 15.9 Å². The second-order valence-corrected chi connectivity index (χ2v) is 5.54. The summed E-state index contributed by atoms with van der Waals surface area (Å²) < 4.78 is 18.3. The lowest BCUT2D eigenvalue weighted by Crippen LogP contribution is -2.60. The molecule has 2 spiro atoms. The Bertz CT molecular complexity index is 438. The first kappa shape index (κ1) is 10.8. The summed E-state index contributed by atoms with van der Waals surface area (Å²) in [6.45, 7) is 1.39. The van der Waals surface area contributed by atoms with Crippen LogP contribution in [0.2, 0.25) is 0 Å². The molecule has 96 valence electrons. The molecule has 1 aliphatic carbocycles. The van der Waals surface area contributed by atoms with Gasteiger partial charge in [0, 0.05) is 12.8 Å². The molecule has 1 aromatic carbocycles. The van der Waals surface area contributed by atoms with Crippen LogP contribution in [-0.4, -0.2) is 24.6 Å². The fraction of sp³-hybridized carbons (Fsp3) is 0.600. The molecule has 2 aliphatic heterocycles. The zero-order valence-electron chi connectivity index (χ0n) is 10.5. The van der Waals surface area contributed by atoms with Gasteiger partial charge in [-0.2, -0.15) is 0 Å². The number of fused-ring (bicyclic) bond motifs is 2. The van der Waals surface area contributed by atoms with Gasteiger partial charge in [-0.25, -0.2) is 0 Å². The molecule has 0 bridgehead atoms. The molecule has 0 radical (unpaired) electrons. The summed E-state index contributed by atoms with van der Waals surface area (Å²) in [5.41, 5.74) is 1.00. The van der Waals surface area contributed by atoms with Crippen LogP contribution in [0.1, 0.15) is 31.2 Å². The molecule has 1 unspecified atom stereocenters.